The highest BCUT2D eigenvalue weighted by Crippen LogP contribution is 2.72. The van der Waals surface area contributed by atoms with Gasteiger partial charge in [0.15, 0.2) is 16.6 Å². The Bertz CT molecular complexity index is 2250. The molecule has 0 spiro atoms. The zero-order valence-electron chi connectivity index (χ0n) is 34.6. The second-order valence-corrected chi connectivity index (χ2v) is 19.3. The third-order valence-electron chi connectivity index (χ3n) is 12.7. The minimum absolute atomic E-state index is 0.00638. The van der Waals surface area contributed by atoms with Gasteiger partial charge in [-0.25, -0.2) is 14.8 Å². The minimum Gasteiger partial charge on any atom is -0.476 e. The number of aliphatic hydroxyl groups is 2. The number of carboxylic acid groups (broad SMARTS) is 1. The minimum atomic E-state index is -1.11. The van der Waals surface area contributed by atoms with Crippen LogP contribution in [0.25, 0.3) is 21.3 Å². The quantitative estimate of drug-likeness (QED) is 0.0563. The topological polar surface area (TPSA) is 184 Å². The van der Waals surface area contributed by atoms with Gasteiger partial charge in [0, 0.05) is 56.2 Å². The van der Waals surface area contributed by atoms with Crippen LogP contribution in [0, 0.1) is 30.1 Å². The summed E-state index contributed by atoms with van der Waals surface area (Å²) in [6.07, 6.45) is 9.73. The Balaban J connectivity index is 0.949. The molecule has 59 heavy (non-hydrogen) atoms. The summed E-state index contributed by atoms with van der Waals surface area (Å²) in [4.78, 5) is 24.2. The molecule has 4 bridgehead atoms. The number of carbonyl (C=O) groups is 1. The molecule has 0 aliphatic heterocycles. The van der Waals surface area contributed by atoms with Crippen molar-refractivity contribution in [1.29, 1.82) is 0 Å². The SMILES string of the molecule is Cc1cc(CNc2ccc(-c3cnn(CC45CC6(C)CC(C)(C4)CC(OCCN(CCCO)CCCO)(C6)C5)c3C)c(C(=O)O)n2)nnc1Nc1nc2ccccc2s1. The molecule has 14 nitrogen and oxygen atoms in total. The van der Waals surface area contributed by atoms with E-state index in [0.29, 0.717) is 48.9 Å². The Labute approximate surface area is 349 Å². The van der Waals surface area contributed by atoms with E-state index in [0.717, 1.165) is 90.5 Å². The number of rotatable bonds is 19. The molecule has 15 heteroatoms. The number of nitrogens with one attached hydrogen (secondary N) is 2. The summed E-state index contributed by atoms with van der Waals surface area (Å²) in [5, 5.41) is 50.2. The average Bonchev–Trinajstić information content (AvgIpc) is 3.75. The third-order valence-corrected chi connectivity index (χ3v) is 13.7. The summed E-state index contributed by atoms with van der Waals surface area (Å²) < 4.78 is 10.2. The zero-order chi connectivity index (χ0) is 41.4. The molecule has 9 rings (SSSR count). The van der Waals surface area contributed by atoms with E-state index >= 15 is 0 Å². The van der Waals surface area contributed by atoms with Crippen LogP contribution in [0.3, 0.4) is 0 Å². The summed E-state index contributed by atoms with van der Waals surface area (Å²) in [5.41, 5.74) is 4.85. The number of ether oxygens (including phenoxy) is 1. The number of nitrogens with zero attached hydrogens (tertiary/aromatic N) is 7. The molecule has 4 fully saturated rings. The van der Waals surface area contributed by atoms with Crippen molar-refractivity contribution in [2.45, 2.75) is 97.8 Å². The molecule has 2 unspecified atom stereocenters. The van der Waals surface area contributed by atoms with Crippen molar-refractivity contribution in [3.8, 4) is 11.1 Å². The number of aromatic nitrogens is 6. The summed E-state index contributed by atoms with van der Waals surface area (Å²) in [6, 6.07) is 13.5. The Morgan fingerprint density at radius 3 is 2.36 bits per heavy atom. The molecule has 4 aromatic heterocycles. The fraction of sp³-hybridized carbons (Fsp3) is 0.545. The van der Waals surface area contributed by atoms with Gasteiger partial charge < -0.3 is 35.6 Å². The molecule has 314 valence electrons. The number of pyridine rings is 1. The molecular formula is C44H57N9O5S. The summed E-state index contributed by atoms with van der Waals surface area (Å²) in [6.45, 7) is 13.2. The maximum atomic E-state index is 12.7. The average molecular weight is 824 g/mol. The number of hydrogen-bond acceptors (Lipinski definition) is 13. The predicted molar refractivity (Wildman–Crippen MR) is 229 cm³/mol. The van der Waals surface area contributed by atoms with E-state index in [-0.39, 0.29) is 40.8 Å². The standard InChI is InChI=1S/C44H57N9O5S/c1-29-19-31(50-51-38(29)49-40-47-34-9-5-6-10-35(34)59-40)20-45-36-12-11-32(37(48-36)39(56)57)33-21-46-53(30(33)2)28-43-23-41(3)22-42(4,24-43)26-44(25-41,27-43)58-18-15-52(13-7-16-54)14-8-17-55/h5-6,9-12,19,21,54-55H,7-8,13-18,20,22-28H2,1-4H3,(H,45,48)(H,56,57)(H,47,49,51). The van der Waals surface area contributed by atoms with Crippen LogP contribution in [0.2, 0.25) is 0 Å². The number of hydrogen-bond donors (Lipinski definition) is 5. The number of anilines is 3. The second-order valence-electron chi connectivity index (χ2n) is 18.2. The second kappa shape index (κ2) is 16.5. The molecule has 2 atom stereocenters. The monoisotopic (exact) mass is 823 g/mol. The van der Waals surface area contributed by atoms with Crippen LogP contribution >= 0.6 is 11.3 Å². The van der Waals surface area contributed by atoms with E-state index < -0.39 is 5.97 Å². The summed E-state index contributed by atoms with van der Waals surface area (Å²) >= 11 is 1.56. The number of aryl methyl sites for hydroxylation is 1. The van der Waals surface area contributed by atoms with Crippen LogP contribution in [0.4, 0.5) is 16.8 Å². The Morgan fingerprint density at radius 2 is 1.66 bits per heavy atom. The molecule has 0 radical (unpaired) electrons. The van der Waals surface area contributed by atoms with Crippen LogP contribution in [0.1, 0.15) is 92.7 Å². The molecule has 0 amide bonds. The van der Waals surface area contributed by atoms with Gasteiger partial charge in [-0.3, -0.25) is 4.68 Å². The number of aliphatic hydroxyl groups excluding tert-OH is 2. The van der Waals surface area contributed by atoms with E-state index in [2.05, 4.69) is 54.2 Å². The predicted octanol–water partition coefficient (Wildman–Crippen LogP) is 7.22. The van der Waals surface area contributed by atoms with Crippen LogP contribution in [0.15, 0.2) is 48.7 Å². The van der Waals surface area contributed by atoms with Gasteiger partial charge in [-0.1, -0.05) is 37.3 Å². The molecule has 4 aliphatic carbocycles. The molecule has 4 aliphatic rings. The van der Waals surface area contributed by atoms with Gasteiger partial charge in [0.1, 0.15) is 5.82 Å². The number of benzene rings is 1. The van der Waals surface area contributed by atoms with Gasteiger partial charge in [0.25, 0.3) is 0 Å². The highest BCUT2D eigenvalue weighted by atomic mass is 32.1. The zero-order valence-corrected chi connectivity index (χ0v) is 35.4. The van der Waals surface area contributed by atoms with E-state index in [4.69, 9.17) is 9.84 Å². The molecular weight excluding hydrogens is 767 g/mol. The van der Waals surface area contributed by atoms with Crippen molar-refractivity contribution in [2.24, 2.45) is 16.2 Å². The first kappa shape index (κ1) is 41.2. The highest BCUT2D eigenvalue weighted by molar-refractivity contribution is 7.22. The Hall–Kier alpha value is -4.54. The lowest BCUT2D eigenvalue weighted by Crippen LogP contribution is -2.64. The van der Waals surface area contributed by atoms with Crippen LogP contribution in [0.5, 0.6) is 0 Å². The maximum Gasteiger partial charge on any atom is 0.355 e. The van der Waals surface area contributed by atoms with Gasteiger partial charge in [-0.2, -0.15) is 10.2 Å². The van der Waals surface area contributed by atoms with Crippen molar-refractivity contribution in [3.05, 3.63) is 71.3 Å². The molecule has 0 saturated heterocycles. The summed E-state index contributed by atoms with van der Waals surface area (Å²) in [7, 11) is 0. The van der Waals surface area contributed by atoms with Crippen molar-refractivity contribution >= 4 is 44.3 Å². The van der Waals surface area contributed by atoms with Gasteiger partial charge >= 0.3 is 5.97 Å². The molecule has 1 aromatic carbocycles. The number of aromatic carboxylic acids is 1. The van der Waals surface area contributed by atoms with E-state index in [1.807, 2.05) is 50.2 Å². The first-order valence-corrected chi connectivity index (χ1v) is 21.7. The van der Waals surface area contributed by atoms with Gasteiger partial charge in [-0.05, 0) is 117 Å². The number of fused-ring (bicyclic) bond motifs is 1. The molecule has 5 N–H and O–H groups in total. The fourth-order valence-corrected chi connectivity index (χ4v) is 12.4. The maximum absolute atomic E-state index is 12.7. The molecule has 4 saturated carbocycles. The number of carboxylic acids is 1. The lowest BCUT2D eigenvalue weighted by molar-refractivity contribution is -0.248. The molecule has 4 heterocycles. The van der Waals surface area contributed by atoms with Crippen LogP contribution < -0.4 is 10.6 Å². The number of thiazole rings is 1. The van der Waals surface area contributed by atoms with Crippen LogP contribution in [-0.4, -0.2) is 101 Å². The fourth-order valence-electron chi connectivity index (χ4n) is 11.6. The van der Waals surface area contributed by atoms with Crippen molar-refractivity contribution in [3.63, 3.8) is 0 Å². The largest absolute Gasteiger partial charge is 0.476 e. The van der Waals surface area contributed by atoms with Gasteiger partial charge in [-0.15, -0.1) is 5.10 Å². The first-order chi connectivity index (χ1) is 28.3. The molecule has 5 aromatic rings. The van der Waals surface area contributed by atoms with Crippen molar-refractivity contribution < 1.29 is 24.9 Å². The van der Waals surface area contributed by atoms with Crippen LogP contribution in [-0.2, 0) is 17.8 Å². The van der Waals surface area contributed by atoms with Crippen molar-refractivity contribution in [1.82, 2.24) is 34.8 Å². The first-order valence-electron chi connectivity index (χ1n) is 20.9. The number of para-hydroxylation sites is 1. The third kappa shape index (κ3) is 8.85. The Kier molecular flexibility index (Phi) is 11.5. The summed E-state index contributed by atoms with van der Waals surface area (Å²) in [5.74, 6) is -0.0519. The lowest BCUT2D eigenvalue weighted by Gasteiger charge is -2.69. The van der Waals surface area contributed by atoms with Crippen molar-refractivity contribution in [2.75, 3.05) is 50.1 Å². The highest BCUT2D eigenvalue weighted by Gasteiger charge is 2.66. The van der Waals surface area contributed by atoms with Gasteiger partial charge in [0.05, 0.1) is 40.9 Å². The van der Waals surface area contributed by atoms with E-state index in [1.165, 1.54) is 6.42 Å². The normalized spacial score (nSPS) is 24.7. The lowest BCUT2D eigenvalue weighted by atomic mass is 9.39. The van der Waals surface area contributed by atoms with E-state index in [1.54, 1.807) is 23.6 Å². The Morgan fingerprint density at radius 1 is 0.915 bits per heavy atom. The van der Waals surface area contributed by atoms with E-state index in [9.17, 15) is 20.1 Å². The van der Waals surface area contributed by atoms with Gasteiger partial charge in [0.2, 0.25) is 0 Å². The smallest absolute Gasteiger partial charge is 0.355 e.